The van der Waals surface area contributed by atoms with Crippen LogP contribution < -0.4 is 11.1 Å². The maximum atomic E-state index is 13.6. The Labute approximate surface area is 124 Å². The Morgan fingerprint density at radius 2 is 1.71 bits per heavy atom. The third-order valence-corrected chi connectivity index (χ3v) is 3.11. The lowest BCUT2D eigenvalue weighted by atomic mass is 10.2. The van der Waals surface area contributed by atoms with Gasteiger partial charge in [0.15, 0.2) is 0 Å². The molecule has 0 aliphatic heterocycles. The van der Waals surface area contributed by atoms with Crippen LogP contribution in [0.3, 0.4) is 0 Å². The number of halogens is 6. The summed E-state index contributed by atoms with van der Waals surface area (Å²) in [5, 5.41) is 2.38. The second kappa shape index (κ2) is 5.47. The van der Waals surface area contributed by atoms with E-state index in [0.717, 1.165) is 12.3 Å². The number of alkyl halides is 3. The van der Waals surface area contributed by atoms with Crippen LogP contribution in [0.15, 0.2) is 28.9 Å². The van der Waals surface area contributed by atoms with Gasteiger partial charge in [-0.05, 0) is 28.1 Å². The van der Waals surface area contributed by atoms with Gasteiger partial charge in [-0.2, -0.15) is 13.2 Å². The van der Waals surface area contributed by atoms with Crippen LogP contribution in [0.5, 0.6) is 0 Å². The zero-order valence-electron chi connectivity index (χ0n) is 10.1. The fourth-order valence-corrected chi connectivity index (χ4v) is 1.84. The maximum Gasteiger partial charge on any atom is 0.433 e. The molecule has 1 aromatic heterocycles. The molecule has 0 atom stereocenters. The predicted molar refractivity (Wildman–Crippen MR) is 71.0 cm³/mol. The Morgan fingerprint density at radius 3 is 2.33 bits per heavy atom. The number of nitrogen functional groups attached to an aromatic ring is 1. The van der Waals surface area contributed by atoms with Crippen molar-refractivity contribution in [1.82, 2.24) is 4.98 Å². The van der Waals surface area contributed by atoms with Gasteiger partial charge in [-0.25, -0.2) is 13.8 Å². The highest BCUT2D eigenvalue weighted by Gasteiger charge is 2.33. The van der Waals surface area contributed by atoms with Crippen molar-refractivity contribution < 1.29 is 22.0 Å². The number of rotatable bonds is 2. The van der Waals surface area contributed by atoms with E-state index in [1.165, 1.54) is 0 Å². The number of hydrogen-bond acceptors (Lipinski definition) is 3. The van der Waals surface area contributed by atoms with E-state index in [2.05, 4.69) is 26.2 Å². The van der Waals surface area contributed by atoms with Crippen molar-refractivity contribution in [2.45, 2.75) is 6.18 Å². The highest BCUT2D eigenvalue weighted by molar-refractivity contribution is 9.10. The van der Waals surface area contributed by atoms with Crippen molar-refractivity contribution in [2.75, 3.05) is 11.1 Å². The molecule has 3 nitrogen and oxygen atoms in total. The number of benzene rings is 1. The molecule has 21 heavy (non-hydrogen) atoms. The molecule has 0 fully saturated rings. The van der Waals surface area contributed by atoms with Crippen LogP contribution in [0.4, 0.5) is 39.0 Å². The molecule has 112 valence electrons. The minimum atomic E-state index is -4.66. The first kappa shape index (κ1) is 15.5. The Bertz CT molecular complexity index is 687. The molecule has 0 unspecified atom stereocenters. The van der Waals surface area contributed by atoms with Gasteiger partial charge >= 0.3 is 6.18 Å². The van der Waals surface area contributed by atoms with E-state index in [1.807, 2.05) is 0 Å². The van der Waals surface area contributed by atoms with Gasteiger partial charge in [-0.1, -0.05) is 0 Å². The van der Waals surface area contributed by atoms with E-state index in [9.17, 15) is 22.0 Å². The fraction of sp³-hybridized carbons (Fsp3) is 0.0833. The summed E-state index contributed by atoms with van der Waals surface area (Å²) in [6.45, 7) is 0. The number of aromatic nitrogens is 1. The molecule has 0 aliphatic carbocycles. The molecule has 2 rings (SSSR count). The van der Waals surface area contributed by atoms with Gasteiger partial charge in [0.05, 0.1) is 27.7 Å². The Balaban J connectivity index is 2.42. The van der Waals surface area contributed by atoms with E-state index >= 15 is 0 Å². The minimum Gasteiger partial charge on any atom is -0.396 e. The standard InChI is InChI=1S/C12H7BrF5N3/c13-5-1-9(7(15)2-6(5)14)21-10-3-11(12(16,17)18)20-4-8(10)19/h1-4H,19H2,(H,20,21). The summed E-state index contributed by atoms with van der Waals surface area (Å²) in [7, 11) is 0. The topological polar surface area (TPSA) is 50.9 Å². The number of nitrogens with one attached hydrogen (secondary N) is 1. The number of pyridine rings is 1. The van der Waals surface area contributed by atoms with Crippen LogP contribution in [-0.4, -0.2) is 4.98 Å². The molecule has 1 heterocycles. The van der Waals surface area contributed by atoms with Crippen LogP contribution in [0.1, 0.15) is 5.69 Å². The van der Waals surface area contributed by atoms with Gasteiger partial charge < -0.3 is 11.1 Å². The van der Waals surface area contributed by atoms with E-state index in [-0.39, 0.29) is 21.5 Å². The van der Waals surface area contributed by atoms with Gasteiger partial charge in [0.1, 0.15) is 17.3 Å². The lowest BCUT2D eigenvalue weighted by molar-refractivity contribution is -0.141. The molecule has 1 aromatic carbocycles. The summed E-state index contributed by atoms with van der Waals surface area (Å²) >= 11 is 2.85. The Hall–Kier alpha value is -1.90. The predicted octanol–water partition coefficient (Wildman–Crippen LogP) is 4.47. The number of nitrogens with two attached hydrogens (primary N) is 1. The third kappa shape index (κ3) is 3.41. The average Bonchev–Trinajstić information content (AvgIpc) is 2.37. The molecular formula is C12H7BrF5N3. The van der Waals surface area contributed by atoms with Crippen molar-refractivity contribution in [2.24, 2.45) is 0 Å². The normalized spacial score (nSPS) is 11.5. The first-order valence-electron chi connectivity index (χ1n) is 5.43. The molecule has 2 aromatic rings. The second-order valence-electron chi connectivity index (χ2n) is 4.03. The molecule has 3 N–H and O–H groups in total. The van der Waals surface area contributed by atoms with E-state index in [4.69, 9.17) is 5.73 Å². The molecular weight excluding hydrogens is 361 g/mol. The van der Waals surface area contributed by atoms with Crippen molar-refractivity contribution in [1.29, 1.82) is 0 Å². The first-order valence-corrected chi connectivity index (χ1v) is 6.22. The summed E-state index contributed by atoms with van der Waals surface area (Å²) in [6.07, 6.45) is -3.85. The minimum absolute atomic E-state index is 0.0462. The summed E-state index contributed by atoms with van der Waals surface area (Å²) in [5.41, 5.74) is 3.80. The summed E-state index contributed by atoms with van der Waals surface area (Å²) in [5.74, 6) is -1.81. The van der Waals surface area contributed by atoms with E-state index in [1.54, 1.807) is 0 Å². The highest BCUT2D eigenvalue weighted by Crippen LogP contribution is 2.33. The van der Waals surface area contributed by atoms with Crippen molar-refractivity contribution in [3.63, 3.8) is 0 Å². The van der Waals surface area contributed by atoms with Crippen LogP contribution in [0, 0.1) is 11.6 Å². The number of anilines is 3. The van der Waals surface area contributed by atoms with E-state index < -0.39 is 23.5 Å². The molecule has 0 saturated carbocycles. The zero-order chi connectivity index (χ0) is 15.8. The van der Waals surface area contributed by atoms with Gasteiger partial charge in [-0.15, -0.1) is 0 Å². The third-order valence-electron chi connectivity index (χ3n) is 2.50. The molecule has 9 heteroatoms. The van der Waals surface area contributed by atoms with Crippen molar-refractivity contribution in [3.05, 3.63) is 46.2 Å². The maximum absolute atomic E-state index is 13.6. The van der Waals surface area contributed by atoms with Crippen molar-refractivity contribution in [3.8, 4) is 0 Å². The average molecular weight is 368 g/mol. The monoisotopic (exact) mass is 367 g/mol. The van der Waals surface area contributed by atoms with Gasteiger partial charge in [0.25, 0.3) is 0 Å². The smallest absolute Gasteiger partial charge is 0.396 e. The Morgan fingerprint density at radius 1 is 1.05 bits per heavy atom. The van der Waals surface area contributed by atoms with Crippen LogP contribution >= 0.6 is 15.9 Å². The zero-order valence-corrected chi connectivity index (χ0v) is 11.7. The lowest BCUT2D eigenvalue weighted by Gasteiger charge is -2.13. The van der Waals surface area contributed by atoms with Gasteiger partial charge in [0.2, 0.25) is 0 Å². The molecule has 0 aliphatic rings. The largest absolute Gasteiger partial charge is 0.433 e. The van der Waals surface area contributed by atoms with Gasteiger partial charge in [-0.3, -0.25) is 0 Å². The van der Waals surface area contributed by atoms with Crippen molar-refractivity contribution >= 4 is 33.0 Å². The molecule has 0 saturated heterocycles. The van der Waals surface area contributed by atoms with E-state index in [0.29, 0.717) is 12.1 Å². The Kier molecular flexibility index (Phi) is 4.04. The SMILES string of the molecule is Nc1cnc(C(F)(F)F)cc1Nc1cc(Br)c(F)cc1F. The lowest BCUT2D eigenvalue weighted by Crippen LogP contribution is -2.10. The second-order valence-corrected chi connectivity index (χ2v) is 4.88. The number of nitrogens with zero attached hydrogens (tertiary/aromatic N) is 1. The molecule has 0 amide bonds. The summed E-state index contributed by atoms with van der Waals surface area (Å²) in [6, 6.07) is 2.29. The fourth-order valence-electron chi connectivity index (χ4n) is 1.49. The molecule has 0 radical (unpaired) electrons. The first-order chi connectivity index (χ1) is 9.68. The van der Waals surface area contributed by atoms with Crippen LogP contribution in [0.25, 0.3) is 0 Å². The van der Waals surface area contributed by atoms with Crippen LogP contribution in [0.2, 0.25) is 0 Å². The number of hydrogen-bond donors (Lipinski definition) is 2. The van der Waals surface area contributed by atoms with Gasteiger partial charge in [0, 0.05) is 6.07 Å². The summed E-state index contributed by atoms with van der Waals surface area (Å²) in [4.78, 5) is 3.15. The quantitative estimate of drug-likeness (QED) is 0.608. The molecule has 0 spiro atoms. The highest BCUT2D eigenvalue weighted by atomic mass is 79.9. The molecule has 0 bridgehead atoms. The van der Waals surface area contributed by atoms with Crippen LogP contribution in [-0.2, 0) is 6.18 Å². The summed E-state index contributed by atoms with van der Waals surface area (Å²) < 4.78 is 64.4.